The normalized spacial score (nSPS) is 10.8. The van der Waals surface area contributed by atoms with Crippen LogP contribution in [0.25, 0.3) is 0 Å². The summed E-state index contributed by atoms with van der Waals surface area (Å²) in [4.78, 5) is 0. The molecule has 0 amide bonds. The number of benzene rings is 1. The molecule has 0 unspecified atom stereocenters. The first-order valence-corrected chi connectivity index (χ1v) is 5.31. The molecule has 0 nitrogen and oxygen atoms in total. The standard InChI is InChI=1S/C11H15Br.Mg.2H/c1-11(2,3)10-6-4-9(8-12)5-7-10;;;/h4-7H,8H2,1-3H3;;;/q;+2;2*-1. The van der Waals surface area contributed by atoms with Gasteiger partial charge in [-0.3, -0.25) is 0 Å². The van der Waals surface area contributed by atoms with Crippen molar-refractivity contribution in [2.45, 2.75) is 31.5 Å². The summed E-state index contributed by atoms with van der Waals surface area (Å²) in [5.41, 5.74) is 3.00. The van der Waals surface area contributed by atoms with Crippen LogP contribution in [0, 0.1) is 0 Å². The Labute approximate surface area is 108 Å². The van der Waals surface area contributed by atoms with Crippen molar-refractivity contribution in [3.05, 3.63) is 35.4 Å². The molecule has 1 rings (SSSR count). The van der Waals surface area contributed by atoms with Gasteiger partial charge in [0.15, 0.2) is 0 Å². The fourth-order valence-electron chi connectivity index (χ4n) is 1.09. The zero-order valence-electron chi connectivity index (χ0n) is 10.6. The number of hydrogen-bond donors (Lipinski definition) is 0. The molecule has 0 fully saturated rings. The van der Waals surface area contributed by atoms with Crippen LogP contribution in [-0.2, 0) is 10.7 Å². The summed E-state index contributed by atoms with van der Waals surface area (Å²) < 4.78 is 0. The Bertz CT molecular complexity index is 254. The SMILES string of the molecule is CC(C)(C)c1ccc(CBr)cc1.[H-].[H-].[Mg+2]. The summed E-state index contributed by atoms with van der Waals surface area (Å²) in [6.07, 6.45) is 0. The Kier molecular flexibility index (Phi) is 5.57. The van der Waals surface area contributed by atoms with Gasteiger partial charge in [0.05, 0.1) is 0 Å². The molecule has 1 aromatic rings. The summed E-state index contributed by atoms with van der Waals surface area (Å²) in [5.74, 6) is 0. The van der Waals surface area contributed by atoms with Gasteiger partial charge in [0.1, 0.15) is 0 Å². The van der Waals surface area contributed by atoms with Crippen LogP contribution in [0.5, 0.6) is 0 Å². The first-order chi connectivity index (χ1) is 5.54. The average Bonchev–Trinajstić information content (AvgIpc) is 2.03. The Hall–Kier alpha value is 0.466. The fourth-order valence-corrected chi connectivity index (χ4v) is 1.47. The number of hydrogen-bond acceptors (Lipinski definition) is 0. The Morgan fingerprint density at radius 3 is 1.92 bits per heavy atom. The zero-order valence-corrected chi connectivity index (χ0v) is 11.6. The molecule has 1 aromatic carbocycles. The molecule has 0 heterocycles. The van der Waals surface area contributed by atoms with E-state index >= 15 is 0 Å². The van der Waals surface area contributed by atoms with Crippen LogP contribution in [-0.4, -0.2) is 23.1 Å². The quantitative estimate of drug-likeness (QED) is 0.528. The maximum atomic E-state index is 3.43. The largest absolute Gasteiger partial charge is 2.00 e. The van der Waals surface area contributed by atoms with Crippen LogP contribution in [0.3, 0.4) is 0 Å². The van der Waals surface area contributed by atoms with Crippen molar-refractivity contribution in [2.24, 2.45) is 0 Å². The first kappa shape index (κ1) is 13.5. The molecule has 0 saturated carbocycles. The molecule has 13 heavy (non-hydrogen) atoms. The van der Waals surface area contributed by atoms with E-state index in [4.69, 9.17) is 0 Å². The van der Waals surface area contributed by atoms with Crippen molar-refractivity contribution >= 4 is 39.0 Å². The van der Waals surface area contributed by atoms with Crippen LogP contribution in [0.2, 0.25) is 0 Å². The fraction of sp³-hybridized carbons (Fsp3) is 0.455. The molecular formula is C11H17BrMg. The second-order valence-electron chi connectivity index (χ2n) is 4.08. The molecule has 0 bridgehead atoms. The van der Waals surface area contributed by atoms with E-state index in [-0.39, 0.29) is 31.3 Å². The average molecular weight is 253 g/mol. The van der Waals surface area contributed by atoms with E-state index < -0.39 is 0 Å². The molecule has 70 valence electrons. The van der Waals surface area contributed by atoms with E-state index in [9.17, 15) is 0 Å². The van der Waals surface area contributed by atoms with E-state index in [0.717, 1.165) is 5.33 Å². The van der Waals surface area contributed by atoms with E-state index in [2.05, 4.69) is 61.0 Å². The van der Waals surface area contributed by atoms with Gasteiger partial charge >= 0.3 is 23.1 Å². The van der Waals surface area contributed by atoms with Crippen molar-refractivity contribution in [2.75, 3.05) is 0 Å². The summed E-state index contributed by atoms with van der Waals surface area (Å²) in [6.45, 7) is 6.70. The minimum atomic E-state index is 0. The number of rotatable bonds is 1. The molecule has 0 radical (unpaired) electrons. The predicted molar refractivity (Wildman–Crippen MR) is 65.8 cm³/mol. The van der Waals surface area contributed by atoms with Crippen molar-refractivity contribution in [3.8, 4) is 0 Å². The van der Waals surface area contributed by atoms with E-state index in [1.54, 1.807) is 0 Å². The van der Waals surface area contributed by atoms with Crippen molar-refractivity contribution < 1.29 is 2.85 Å². The van der Waals surface area contributed by atoms with Crippen LogP contribution < -0.4 is 0 Å². The molecule has 0 atom stereocenters. The smallest absolute Gasteiger partial charge is 1.00 e. The Balaban J connectivity index is -0.000000480. The third-order valence-electron chi connectivity index (χ3n) is 1.97. The molecule has 0 spiro atoms. The Morgan fingerprint density at radius 1 is 1.15 bits per heavy atom. The van der Waals surface area contributed by atoms with Gasteiger partial charge in [0.2, 0.25) is 0 Å². The second kappa shape index (κ2) is 5.37. The number of alkyl halides is 1. The minimum Gasteiger partial charge on any atom is -1.00 e. The van der Waals surface area contributed by atoms with Crippen LogP contribution in [0.1, 0.15) is 34.8 Å². The van der Waals surface area contributed by atoms with Gasteiger partial charge in [0.25, 0.3) is 0 Å². The van der Waals surface area contributed by atoms with Gasteiger partial charge in [0, 0.05) is 5.33 Å². The third-order valence-corrected chi connectivity index (χ3v) is 2.62. The van der Waals surface area contributed by atoms with Gasteiger partial charge in [-0.25, -0.2) is 0 Å². The third kappa shape index (κ3) is 4.00. The molecule has 2 heteroatoms. The summed E-state index contributed by atoms with van der Waals surface area (Å²) >= 11 is 3.43. The molecule has 0 aliphatic rings. The maximum Gasteiger partial charge on any atom is 2.00 e. The molecule has 0 aromatic heterocycles. The Morgan fingerprint density at radius 2 is 1.62 bits per heavy atom. The maximum absolute atomic E-state index is 3.43. The molecular weight excluding hydrogens is 236 g/mol. The van der Waals surface area contributed by atoms with Crippen LogP contribution in [0.15, 0.2) is 24.3 Å². The monoisotopic (exact) mass is 252 g/mol. The summed E-state index contributed by atoms with van der Waals surface area (Å²) in [5, 5.41) is 0.942. The summed E-state index contributed by atoms with van der Waals surface area (Å²) in [6, 6.07) is 8.76. The molecule has 0 N–H and O–H groups in total. The van der Waals surface area contributed by atoms with Crippen LogP contribution in [0.4, 0.5) is 0 Å². The predicted octanol–water partition coefficient (Wildman–Crippen LogP) is 3.72. The minimum absolute atomic E-state index is 0. The summed E-state index contributed by atoms with van der Waals surface area (Å²) in [7, 11) is 0. The van der Waals surface area contributed by atoms with Crippen molar-refractivity contribution in [1.29, 1.82) is 0 Å². The van der Waals surface area contributed by atoms with Crippen molar-refractivity contribution in [3.63, 3.8) is 0 Å². The molecule has 0 aliphatic heterocycles. The van der Waals surface area contributed by atoms with Crippen LogP contribution >= 0.6 is 15.9 Å². The van der Waals surface area contributed by atoms with E-state index in [0.29, 0.717) is 0 Å². The number of halogens is 1. The topological polar surface area (TPSA) is 0 Å². The van der Waals surface area contributed by atoms with Gasteiger partial charge in [-0.05, 0) is 16.5 Å². The molecule has 0 saturated heterocycles. The second-order valence-corrected chi connectivity index (χ2v) is 4.64. The molecule has 0 aliphatic carbocycles. The van der Waals surface area contributed by atoms with E-state index in [1.165, 1.54) is 11.1 Å². The zero-order chi connectivity index (χ0) is 9.19. The van der Waals surface area contributed by atoms with Crippen molar-refractivity contribution in [1.82, 2.24) is 0 Å². The van der Waals surface area contributed by atoms with Gasteiger partial charge < -0.3 is 2.85 Å². The van der Waals surface area contributed by atoms with Gasteiger partial charge in [-0.1, -0.05) is 61.0 Å². The van der Waals surface area contributed by atoms with Gasteiger partial charge in [-0.2, -0.15) is 0 Å². The first-order valence-electron chi connectivity index (χ1n) is 4.19. The van der Waals surface area contributed by atoms with Gasteiger partial charge in [-0.15, -0.1) is 0 Å². The van der Waals surface area contributed by atoms with E-state index in [1.807, 2.05) is 0 Å².